The zero-order valence-corrected chi connectivity index (χ0v) is 13.3. The molecule has 0 spiro atoms. The predicted octanol–water partition coefficient (Wildman–Crippen LogP) is 2.41. The SMILES string of the molecule is Cc1ccc(C(N)C(C)N2CCN(C(C)C)CC2)cc1. The molecule has 0 radical (unpaired) electrons. The molecule has 1 aliphatic rings. The van der Waals surface area contributed by atoms with Crippen LogP contribution in [0.1, 0.15) is 37.9 Å². The van der Waals surface area contributed by atoms with E-state index in [-0.39, 0.29) is 6.04 Å². The standard InChI is InChI=1S/C17H29N3/c1-13(2)19-9-11-20(12-10-19)15(4)17(18)16-7-5-14(3)6-8-16/h5-8,13,15,17H,9-12,18H2,1-4H3. The van der Waals surface area contributed by atoms with Gasteiger partial charge >= 0.3 is 0 Å². The molecule has 2 rings (SSSR count). The van der Waals surface area contributed by atoms with Crippen LogP contribution in [0.25, 0.3) is 0 Å². The maximum Gasteiger partial charge on any atom is 0.0450 e. The molecule has 0 saturated carbocycles. The largest absolute Gasteiger partial charge is 0.323 e. The highest BCUT2D eigenvalue weighted by molar-refractivity contribution is 5.24. The first kappa shape index (κ1) is 15.5. The quantitative estimate of drug-likeness (QED) is 0.916. The fourth-order valence-electron chi connectivity index (χ4n) is 2.96. The zero-order valence-electron chi connectivity index (χ0n) is 13.3. The van der Waals surface area contributed by atoms with E-state index in [1.807, 2.05) is 0 Å². The van der Waals surface area contributed by atoms with Gasteiger partial charge in [0.25, 0.3) is 0 Å². The monoisotopic (exact) mass is 275 g/mol. The minimum atomic E-state index is 0.0983. The van der Waals surface area contributed by atoms with E-state index in [0.717, 1.165) is 26.2 Å². The van der Waals surface area contributed by atoms with Crippen LogP contribution in [-0.2, 0) is 0 Å². The molecule has 2 atom stereocenters. The van der Waals surface area contributed by atoms with Gasteiger partial charge in [0.2, 0.25) is 0 Å². The van der Waals surface area contributed by atoms with Crippen molar-refractivity contribution in [1.82, 2.24) is 9.80 Å². The molecule has 0 amide bonds. The average molecular weight is 275 g/mol. The summed E-state index contributed by atoms with van der Waals surface area (Å²) in [7, 11) is 0. The number of hydrogen-bond acceptors (Lipinski definition) is 3. The Balaban J connectivity index is 1.94. The van der Waals surface area contributed by atoms with Gasteiger partial charge < -0.3 is 5.73 Å². The normalized spacial score (nSPS) is 21.1. The molecule has 0 aromatic heterocycles. The topological polar surface area (TPSA) is 32.5 Å². The Morgan fingerprint density at radius 2 is 1.40 bits per heavy atom. The number of rotatable bonds is 4. The van der Waals surface area contributed by atoms with Gasteiger partial charge in [-0.25, -0.2) is 0 Å². The third-order valence-electron chi connectivity index (χ3n) is 4.64. The van der Waals surface area contributed by atoms with Crippen molar-refractivity contribution in [1.29, 1.82) is 0 Å². The second-order valence-corrected chi connectivity index (χ2v) is 6.34. The van der Waals surface area contributed by atoms with Crippen LogP contribution < -0.4 is 5.73 Å². The Morgan fingerprint density at radius 3 is 1.90 bits per heavy atom. The lowest BCUT2D eigenvalue weighted by Crippen LogP contribution is -2.53. The van der Waals surface area contributed by atoms with Gasteiger partial charge in [-0.3, -0.25) is 9.80 Å². The lowest BCUT2D eigenvalue weighted by atomic mass is 9.98. The van der Waals surface area contributed by atoms with Crippen LogP contribution in [0.15, 0.2) is 24.3 Å². The molecule has 1 aromatic rings. The molecular weight excluding hydrogens is 246 g/mol. The van der Waals surface area contributed by atoms with E-state index in [0.29, 0.717) is 12.1 Å². The van der Waals surface area contributed by atoms with Crippen molar-refractivity contribution in [2.24, 2.45) is 5.73 Å². The maximum atomic E-state index is 6.46. The second-order valence-electron chi connectivity index (χ2n) is 6.34. The molecule has 0 bridgehead atoms. The molecule has 1 aromatic carbocycles. The van der Waals surface area contributed by atoms with Gasteiger partial charge in [-0.05, 0) is 33.3 Å². The first-order valence-electron chi connectivity index (χ1n) is 7.79. The Bertz CT molecular complexity index is 405. The minimum absolute atomic E-state index is 0.0983. The van der Waals surface area contributed by atoms with E-state index in [9.17, 15) is 0 Å². The highest BCUT2D eigenvalue weighted by atomic mass is 15.3. The lowest BCUT2D eigenvalue weighted by molar-refractivity contribution is 0.0749. The molecule has 2 N–H and O–H groups in total. The van der Waals surface area contributed by atoms with Crippen molar-refractivity contribution in [3.05, 3.63) is 35.4 Å². The number of hydrogen-bond donors (Lipinski definition) is 1. The molecule has 1 fully saturated rings. The number of piperazine rings is 1. The number of nitrogens with zero attached hydrogens (tertiary/aromatic N) is 2. The smallest absolute Gasteiger partial charge is 0.0450 e. The Hall–Kier alpha value is -0.900. The summed E-state index contributed by atoms with van der Waals surface area (Å²) < 4.78 is 0. The Kier molecular flexibility index (Phi) is 5.19. The summed E-state index contributed by atoms with van der Waals surface area (Å²) >= 11 is 0. The number of aryl methyl sites for hydroxylation is 1. The summed E-state index contributed by atoms with van der Waals surface area (Å²) in [6.07, 6.45) is 0. The van der Waals surface area contributed by atoms with E-state index in [1.165, 1.54) is 11.1 Å². The predicted molar refractivity (Wildman–Crippen MR) is 85.9 cm³/mol. The molecule has 112 valence electrons. The van der Waals surface area contributed by atoms with Crippen LogP contribution in [0.2, 0.25) is 0 Å². The summed E-state index contributed by atoms with van der Waals surface area (Å²) in [6.45, 7) is 13.5. The van der Waals surface area contributed by atoms with Gasteiger partial charge in [0.1, 0.15) is 0 Å². The third kappa shape index (κ3) is 3.60. The fraction of sp³-hybridized carbons (Fsp3) is 0.647. The van der Waals surface area contributed by atoms with Gasteiger partial charge in [0.15, 0.2) is 0 Å². The average Bonchev–Trinajstić information content (AvgIpc) is 2.46. The molecule has 2 unspecified atom stereocenters. The van der Waals surface area contributed by atoms with E-state index in [2.05, 4.69) is 61.8 Å². The van der Waals surface area contributed by atoms with E-state index < -0.39 is 0 Å². The summed E-state index contributed by atoms with van der Waals surface area (Å²) in [5, 5.41) is 0. The minimum Gasteiger partial charge on any atom is -0.323 e. The van der Waals surface area contributed by atoms with Crippen molar-refractivity contribution >= 4 is 0 Å². The van der Waals surface area contributed by atoms with Crippen molar-refractivity contribution < 1.29 is 0 Å². The molecule has 3 nitrogen and oxygen atoms in total. The first-order valence-corrected chi connectivity index (χ1v) is 7.79. The van der Waals surface area contributed by atoms with Crippen molar-refractivity contribution in [2.45, 2.75) is 45.8 Å². The summed E-state index contributed by atoms with van der Waals surface area (Å²) in [5.41, 5.74) is 8.99. The fourth-order valence-corrected chi connectivity index (χ4v) is 2.96. The highest BCUT2D eigenvalue weighted by Crippen LogP contribution is 2.20. The summed E-state index contributed by atoms with van der Waals surface area (Å²) in [4.78, 5) is 5.07. The van der Waals surface area contributed by atoms with Crippen LogP contribution in [0, 0.1) is 6.92 Å². The van der Waals surface area contributed by atoms with Gasteiger partial charge in [0.05, 0.1) is 0 Å². The first-order chi connectivity index (χ1) is 9.49. The van der Waals surface area contributed by atoms with E-state index >= 15 is 0 Å². The molecule has 20 heavy (non-hydrogen) atoms. The van der Waals surface area contributed by atoms with E-state index in [1.54, 1.807) is 0 Å². The maximum absolute atomic E-state index is 6.46. The third-order valence-corrected chi connectivity index (χ3v) is 4.64. The molecule has 0 aliphatic carbocycles. The Labute approximate surface area is 123 Å². The van der Waals surface area contributed by atoms with Crippen LogP contribution in [0.5, 0.6) is 0 Å². The number of benzene rings is 1. The van der Waals surface area contributed by atoms with Crippen molar-refractivity contribution in [2.75, 3.05) is 26.2 Å². The lowest BCUT2D eigenvalue weighted by Gasteiger charge is -2.41. The molecular formula is C17H29N3. The van der Waals surface area contributed by atoms with Crippen LogP contribution in [0.4, 0.5) is 0 Å². The van der Waals surface area contributed by atoms with Gasteiger partial charge in [-0.15, -0.1) is 0 Å². The summed E-state index contributed by atoms with van der Waals surface area (Å²) in [5.74, 6) is 0. The molecule has 1 aliphatic heterocycles. The highest BCUT2D eigenvalue weighted by Gasteiger charge is 2.26. The van der Waals surface area contributed by atoms with Crippen molar-refractivity contribution in [3.8, 4) is 0 Å². The molecule has 1 saturated heterocycles. The van der Waals surface area contributed by atoms with Crippen LogP contribution in [-0.4, -0.2) is 48.1 Å². The molecule has 3 heteroatoms. The molecule has 1 heterocycles. The van der Waals surface area contributed by atoms with Crippen LogP contribution in [0.3, 0.4) is 0 Å². The Morgan fingerprint density at radius 1 is 0.900 bits per heavy atom. The van der Waals surface area contributed by atoms with E-state index in [4.69, 9.17) is 5.73 Å². The zero-order chi connectivity index (χ0) is 14.7. The van der Waals surface area contributed by atoms with Crippen LogP contribution >= 0.6 is 0 Å². The van der Waals surface area contributed by atoms with Gasteiger partial charge in [-0.2, -0.15) is 0 Å². The summed E-state index contributed by atoms with van der Waals surface area (Å²) in [6, 6.07) is 9.78. The van der Waals surface area contributed by atoms with Gasteiger partial charge in [0, 0.05) is 44.3 Å². The second kappa shape index (κ2) is 6.70. The number of nitrogens with two attached hydrogens (primary N) is 1. The van der Waals surface area contributed by atoms with Gasteiger partial charge in [-0.1, -0.05) is 29.8 Å². The van der Waals surface area contributed by atoms with Crippen molar-refractivity contribution in [3.63, 3.8) is 0 Å².